The number of amides is 1. The minimum Gasteiger partial charge on any atom is -0.333 e. The molecule has 2 heterocycles. The van der Waals surface area contributed by atoms with Gasteiger partial charge in [-0.15, -0.1) is 0 Å². The van der Waals surface area contributed by atoms with E-state index in [4.69, 9.17) is 23.2 Å². The predicted molar refractivity (Wildman–Crippen MR) is 111 cm³/mol. The molecule has 1 amide bonds. The van der Waals surface area contributed by atoms with E-state index >= 15 is 0 Å². The summed E-state index contributed by atoms with van der Waals surface area (Å²) in [6, 6.07) is 6.61. The zero-order valence-electron chi connectivity index (χ0n) is 16.3. The summed E-state index contributed by atoms with van der Waals surface area (Å²) in [5.74, 6) is 0.951. The molecule has 3 nitrogen and oxygen atoms in total. The second kappa shape index (κ2) is 7.93. The topological polar surface area (TPSA) is 20.3 Å². The maximum atomic E-state index is 13.3. The highest BCUT2D eigenvalue weighted by atomic mass is 35.5. The van der Waals surface area contributed by atoms with Crippen LogP contribution in [0.15, 0.2) is 18.2 Å². The molecule has 3 atom stereocenters. The summed E-state index contributed by atoms with van der Waals surface area (Å²) in [6.07, 6.45) is 9.42. The van der Waals surface area contributed by atoms with Crippen LogP contribution in [-0.2, 0) is 11.2 Å². The van der Waals surface area contributed by atoms with Crippen molar-refractivity contribution >= 4 is 29.1 Å². The highest BCUT2D eigenvalue weighted by molar-refractivity contribution is 6.42. The number of fused-ring (bicyclic) bond motifs is 1. The summed E-state index contributed by atoms with van der Waals surface area (Å²) in [6.45, 7) is 3.48. The Bertz CT molecular complexity index is 700. The lowest BCUT2D eigenvalue weighted by Gasteiger charge is -2.53. The van der Waals surface area contributed by atoms with Crippen LogP contribution in [0.3, 0.4) is 0 Å². The molecule has 1 aliphatic carbocycles. The Labute approximate surface area is 173 Å². The standard InChI is InChI=1S/C22H31Cl2N2O/c1-26(12-2-3-13-26)20-8-4-6-17-7-5-11-25(22(17)20)21(27)15-16-9-10-18(23)19(24)14-16/h9-10,14,17,20,22H,2-8,11-13,15H2,1H3/q+1. The number of rotatable bonds is 3. The minimum absolute atomic E-state index is 0.265. The molecular formula is C22H31Cl2N2O+. The van der Waals surface area contributed by atoms with Crippen molar-refractivity contribution in [1.29, 1.82) is 0 Å². The molecule has 0 aromatic heterocycles. The molecule has 148 valence electrons. The minimum atomic E-state index is 0.265. The first-order chi connectivity index (χ1) is 13.0. The van der Waals surface area contributed by atoms with Gasteiger partial charge in [0.2, 0.25) is 5.91 Å². The zero-order chi connectivity index (χ0) is 19.0. The van der Waals surface area contributed by atoms with E-state index in [0.29, 0.717) is 34.5 Å². The van der Waals surface area contributed by atoms with Crippen molar-refractivity contribution in [3.63, 3.8) is 0 Å². The highest BCUT2D eigenvalue weighted by Gasteiger charge is 2.50. The lowest BCUT2D eigenvalue weighted by molar-refractivity contribution is -0.926. The molecule has 0 N–H and O–H groups in total. The number of quaternary nitrogens is 1. The number of likely N-dealkylation sites (tertiary alicyclic amines) is 2. The summed E-state index contributed by atoms with van der Waals surface area (Å²) in [5.41, 5.74) is 0.963. The van der Waals surface area contributed by atoms with Crippen molar-refractivity contribution in [1.82, 2.24) is 4.90 Å². The van der Waals surface area contributed by atoms with E-state index in [1.54, 1.807) is 6.07 Å². The maximum absolute atomic E-state index is 13.3. The molecule has 1 aromatic rings. The van der Waals surface area contributed by atoms with E-state index in [9.17, 15) is 4.79 Å². The number of halogens is 2. The zero-order valence-corrected chi connectivity index (χ0v) is 17.8. The fourth-order valence-corrected chi connectivity index (χ4v) is 6.30. The van der Waals surface area contributed by atoms with Crippen LogP contribution in [-0.4, -0.2) is 54.1 Å². The van der Waals surface area contributed by atoms with Gasteiger partial charge in [-0.3, -0.25) is 4.79 Å². The molecule has 0 radical (unpaired) electrons. The Morgan fingerprint density at radius 2 is 1.81 bits per heavy atom. The number of hydrogen-bond donors (Lipinski definition) is 0. The van der Waals surface area contributed by atoms with E-state index in [1.165, 1.54) is 56.1 Å². The number of carbonyl (C=O) groups is 1. The van der Waals surface area contributed by atoms with Gasteiger partial charge in [0.25, 0.3) is 0 Å². The number of nitrogens with zero attached hydrogens (tertiary/aromatic N) is 2. The smallest absolute Gasteiger partial charge is 0.227 e. The van der Waals surface area contributed by atoms with Crippen molar-refractivity contribution in [3.8, 4) is 0 Å². The molecule has 1 aromatic carbocycles. The van der Waals surface area contributed by atoms with Gasteiger partial charge in [0, 0.05) is 25.8 Å². The van der Waals surface area contributed by atoms with Gasteiger partial charge in [-0.1, -0.05) is 29.3 Å². The van der Waals surface area contributed by atoms with Gasteiger partial charge in [0.05, 0.1) is 42.6 Å². The fraction of sp³-hybridized carbons (Fsp3) is 0.682. The first-order valence-electron chi connectivity index (χ1n) is 10.6. The van der Waals surface area contributed by atoms with Gasteiger partial charge < -0.3 is 9.38 Å². The molecule has 5 heteroatoms. The first kappa shape index (κ1) is 19.5. The number of carbonyl (C=O) groups excluding carboxylic acids is 1. The monoisotopic (exact) mass is 409 g/mol. The van der Waals surface area contributed by atoms with Crippen molar-refractivity contribution in [3.05, 3.63) is 33.8 Å². The molecule has 0 spiro atoms. The molecule has 27 heavy (non-hydrogen) atoms. The third-order valence-electron chi connectivity index (χ3n) is 7.33. The van der Waals surface area contributed by atoms with E-state index in [-0.39, 0.29) is 5.91 Å². The van der Waals surface area contributed by atoms with E-state index < -0.39 is 0 Å². The molecule has 2 saturated heterocycles. The second-order valence-corrected chi connectivity index (χ2v) is 9.85. The summed E-state index contributed by atoms with van der Waals surface area (Å²) in [7, 11) is 2.44. The maximum Gasteiger partial charge on any atom is 0.227 e. The summed E-state index contributed by atoms with van der Waals surface area (Å²) in [5, 5.41) is 1.08. The van der Waals surface area contributed by atoms with E-state index in [2.05, 4.69) is 11.9 Å². The van der Waals surface area contributed by atoms with E-state index in [0.717, 1.165) is 18.5 Å². The normalized spacial score (nSPS) is 30.2. The first-order valence-corrected chi connectivity index (χ1v) is 11.3. The van der Waals surface area contributed by atoms with Gasteiger partial charge >= 0.3 is 0 Å². The number of hydrogen-bond acceptors (Lipinski definition) is 1. The lowest BCUT2D eigenvalue weighted by atomic mass is 9.74. The molecule has 3 fully saturated rings. The van der Waals surface area contributed by atoms with Gasteiger partial charge in [-0.05, 0) is 49.3 Å². The van der Waals surface area contributed by atoms with Crippen LogP contribution in [0.5, 0.6) is 0 Å². The Kier molecular flexibility index (Phi) is 5.74. The fourth-order valence-electron chi connectivity index (χ4n) is 5.98. The third-order valence-corrected chi connectivity index (χ3v) is 8.07. The number of piperidine rings is 1. The van der Waals surface area contributed by atoms with Crippen LogP contribution in [0, 0.1) is 5.92 Å². The van der Waals surface area contributed by atoms with Crippen molar-refractivity contribution in [2.24, 2.45) is 5.92 Å². The number of likely N-dealkylation sites (N-methyl/N-ethyl adjacent to an activating group) is 1. The van der Waals surface area contributed by atoms with Gasteiger partial charge in [0.15, 0.2) is 0 Å². The van der Waals surface area contributed by atoms with Crippen molar-refractivity contribution < 1.29 is 9.28 Å². The van der Waals surface area contributed by atoms with Crippen LogP contribution < -0.4 is 0 Å². The lowest BCUT2D eigenvalue weighted by Crippen LogP contribution is -2.65. The number of benzene rings is 1. The second-order valence-electron chi connectivity index (χ2n) is 9.04. The van der Waals surface area contributed by atoms with Crippen molar-refractivity contribution in [2.75, 3.05) is 26.7 Å². The summed E-state index contributed by atoms with van der Waals surface area (Å²) in [4.78, 5) is 15.6. The van der Waals surface area contributed by atoms with Crippen LogP contribution in [0.2, 0.25) is 10.0 Å². The average Bonchev–Trinajstić information content (AvgIpc) is 3.11. The molecular weight excluding hydrogens is 379 g/mol. The molecule has 1 saturated carbocycles. The van der Waals surface area contributed by atoms with Gasteiger partial charge in [0.1, 0.15) is 6.04 Å². The largest absolute Gasteiger partial charge is 0.333 e. The summed E-state index contributed by atoms with van der Waals surface area (Å²) < 4.78 is 1.18. The van der Waals surface area contributed by atoms with Gasteiger partial charge in [-0.25, -0.2) is 0 Å². The van der Waals surface area contributed by atoms with E-state index in [1.807, 2.05) is 12.1 Å². The van der Waals surface area contributed by atoms with Crippen LogP contribution in [0.1, 0.15) is 50.5 Å². The predicted octanol–water partition coefficient (Wildman–Crippen LogP) is 4.94. The van der Waals surface area contributed by atoms with Gasteiger partial charge in [-0.2, -0.15) is 0 Å². The molecule has 2 aliphatic heterocycles. The Morgan fingerprint density at radius 1 is 1.07 bits per heavy atom. The third kappa shape index (κ3) is 3.88. The molecule has 3 unspecified atom stereocenters. The quantitative estimate of drug-likeness (QED) is 0.647. The Morgan fingerprint density at radius 3 is 2.56 bits per heavy atom. The summed E-state index contributed by atoms with van der Waals surface area (Å²) >= 11 is 12.2. The molecule has 4 rings (SSSR count). The molecule has 3 aliphatic rings. The van der Waals surface area contributed by atoms with Crippen LogP contribution >= 0.6 is 23.2 Å². The average molecular weight is 410 g/mol. The Balaban J connectivity index is 1.56. The van der Waals surface area contributed by atoms with Crippen LogP contribution in [0.4, 0.5) is 0 Å². The van der Waals surface area contributed by atoms with Crippen LogP contribution in [0.25, 0.3) is 0 Å². The SMILES string of the molecule is C[N+]1(C2CCCC3CCCN(C(=O)Cc4ccc(Cl)c(Cl)c4)C32)CCCC1. The molecule has 0 bridgehead atoms. The highest BCUT2D eigenvalue weighted by Crippen LogP contribution is 2.41. The van der Waals surface area contributed by atoms with Crippen molar-refractivity contribution in [2.45, 2.75) is 63.5 Å². The Hall–Kier alpha value is -0.770.